The van der Waals surface area contributed by atoms with Gasteiger partial charge >= 0.3 is 5.97 Å². The fourth-order valence-electron chi connectivity index (χ4n) is 3.43. The maximum absolute atomic E-state index is 15.2. The molecule has 0 bridgehead atoms. The number of pyridine rings is 1. The Morgan fingerprint density at radius 3 is 2.77 bits per heavy atom. The van der Waals surface area contributed by atoms with Crippen LogP contribution in [0.3, 0.4) is 0 Å². The Balaban J connectivity index is 2.07. The Morgan fingerprint density at radius 1 is 1.23 bits per heavy atom. The standard InChI is InChI=1S/C23H18FN5O2/c1-4-31-23(30)18-8-9-29-22(27-18)19(17-10-13(2)26-14(3)20(17)24)21(28-29)16-7-5-6-15(11-16)12-25/h5-11H,4H2,1-3H3. The summed E-state index contributed by atoms with van der Waals surface area (Å²) < 4.78 is 21.8. The fraction of sp³-hybridized carbons (Fsp3) is 0.174. The third kappa shape index (κ3) is 3.62. The number of nitriles is 1. The van der Waals surface area contributed by atoms with Crippen molar-refractivity contribution in [3.8, 4) is 28.5 Å². The molecule has 0 fully saturated rings. The summed E-state index contributed by atoms with van der Waals surface area (Å²) in [6.07, 6.45) is 1.58. The van der Waals surface area contributed by atoms with Crippen molar-refractivity contribution in [3.63, 3.8) is 0 Å². The van der Waals surface area contributed by atoms with Crippen LogP contribution in [0.4, 0.5) is 4.39 Å². The molecular formula is C23H18FN5O2. The molecule has 0 saturated heterocycles. The number of carbonyl (C=O) groups is 1. The zero-order valence-electron chi connectivity index (χ0n) is 17.2. The SMILES string of the molecule is CCOC(=O)c1ccn2nc(-c3cccc(C#N)c3)c(-c3cc(C)nc(C)c3F)c2n1. The summed E-state index contributed by atoms with van der Waals surface area (Å²) in [4.78, 5) is 20.9. The summed E-state index contributed by atoms with van der Waals surface area (Å²) in [5.41, 5.74) is 3.46. The summed E-state index contributed by atoms with van der Waals surface area (Å²) >= 11 is 0. The highest BCUT2D eigenvalue weighted by atomic mass is 19.1. The minimum atomic E-state index is -0.576. The van der Waals surface area contributed by atoms with Crippen molar-refractivity contribution in [1.82, 2.24) is 19.6 Å². The van der Waals surface area contributed by atoms with E-state index in [2.05, 4.69) is 21.1 Å². The lowest BCUT2D eigenvalue weighted by molar-refractivity contribution is 0.0519. The number of carbonyl (C=O) groups excluding carboxylic acids is 1. The molecule has 1 aromatic carbocycles. The van der Waals surface area contributed by atoms with E-state index < -0.39 is 11.8 Å². The highest BCUT2D eigenvalue weighted by molar-refractivity contribution is 5.93. The van der Waals surface area contributed by atoms with Crippen molar-refractivity contribution in [2.75, 3.05) is 6.61 Å². The number of nitrogens with zero attached hydrogens (tertiary/aromatic N) is 5. The maximum Gasteiger partial charge on any atom is 0.357 e. The van der Waals surface area contributed by atoms with E-state index in [1.807, 2.05) is 0 Å². The first-order valence-electron chi connectivity index (χ1n) is 9.64. The molecule has 0 N–H and O–H groups in total. The van der Waals surface area contributed by atoms with Crippen molar-refractivity contribution in [3.05, 3.63) is 71.1 Å². The Bertz CT molecular complexity index is 1370. The molecule has 3 heterocycles. The first-order valence-corrected chi connectivity index (χ1v) is 9.64. The topological polar surface area (TPSA) is 93.2 Å². The third-order valence-corrected chi connectivity index (χ3v) is 4.76. The lowest BCUT2D eigenvalue weighted by Gasteiger charge is -2.09. The number of benzene rings is 1. The number of hydrogen-bond acceptors (Lipinski definition) is 6. The molecule has 0 radical (unpaired) electrons. The second-order valence-electron chi connectivity index (χ2n) is 6.93. The van der Waals surface area contributed by atoms with Crippen LogP contribution in [-0.4, -0.2) is 32.2 Å². The van der Waals surface area contributed by atoms with Crippen LogP contribution in [0.1, 0.15) is 34.4 Å². The molecule has 0 aliphatic carbocycles. The van der Waals surface area contributed by atoms with Gasteiger partial charge in [0, 0.05) is 23.0 Å². The van der Waals surface area contributed by atoms with Crippen molar-refractivity contribution < 1.29 is 13.9 Å². The van der Waals surface area contributed by atoms with Crippen LogP contribution in [-0.2, 0) is 4.74 Å². The van der Waals surface area contributed by atoms with Gasteiger partial charge in [-0.2, -0.15) is 10.4 Å². The molecule has 154 valence electrons. The molecular weight excluding hydrogens is 397 g/mol. The average Bonchev–Trinajstić information content (AvgIpc) is 3.15. The number of fused-ring (bicyclic) bond motifs is 1. The van der Waals surface area contributed by atoms with Crippen LogP contribution in [0.2, 0.25) is 0 Å². The number of hydrogen-bond donors (Lipinski definition) is 0. The van der Waals surface area contributed by atoms with E-state index in [9.17, 15) is 10.1 Å². The molecule has 0 spiro atoms. The monoisotopic (exact) mass is 415 g/mol. The lowest BCUT2D eigenvalue weighted by Crippen LogP contribution is -2.08. The van der Waals surface area contributed by atoms with Gasteiger partial charge in [-0.3, -0.25) is 4.98 Å². The van der Waals surface area contributed by atoms with Gasteiger partial charge in [-0.15, -0.1) is 0 Å². The fourth-order valence-corrected chi connectivity index (χ4v) is 3.43. The van der Waals surface area contributed by atoms with E-state index in [0.29, 0.717) is 33.7 Å². The van der Waals surface area contributed by atoms with Gasteiger partial charge in [0.15, 0.2) is 17.2 Å². The summed E-state index contributed by atoms with van der Waals surface area (Å²) in [5, 5.41) is 13.9. The molecule has 7 nitrogen and oxygen atoms in total. The van der Waals surface area contributed by atoms with Crippen LogP contribution in [0, 0.1) is 31.0 Å². The molecule has 0 aliphatic rings. The predicted molar refractivity (Wildman–Crippen MR) is 112 cm³/mol. The van der Waals surface area contributed by atoms with Gasteiger partial charge in [0.2, 0.25) is 0 Å². The summed E-state index contributed by atoms with van der Waals surface area (Å²) in [7, 11) is 0. The highest BCUT2D eigenvalue weighted by Crippen LogP contribution is 2.37. The van der Waals surface area contributed by atoms with E-state index in [1.165, 1.54) is 10.6 Å². The zero-order chi connectivity index (χ0) is 22.1. The second kappa shape index (κ2) is 7.95. The molecule has 0 saturated carbocycles. The molecule has 0 unspecified atom stereocenters. The first kappa shape index (κ1) is 20.2. The quantitative estimate of drug-likeness (QED) is 0.462. The number of esters is 1. The molecule has 0 aliphatic heterocycles. The van der Waals surface area contributed by atoms with Gasteiger partial charge in [0.25, 0.3) is 0 Å². The van der Waals surface area contributed by atoms with Crippen LogP contribution in [0.15, 0.2) is 42.6 Å². The number of aryl methyl sites for hydroxylation is 2. The van der Waals surface area contributed by atoms with E-state index >= 15 is 4.39 Å². The zero-order valence-corrected chi connectivity index (χ0v) is 17.2. The number of aromatic nitrogens is 4. The van der Waals surface area contributed by atoms with Crippen LogP contribution < -0.4 is 0 Å². The maximum atomic E-state index is 15.2. The number of rotatable bonds is 4. The lowest BCUT2D eigenvalue weighted by atomic mass is 9.99. The van der Waals surface area contributed by atoms with Gasteiger partial charge in [-0.05, 0) is 45.0 Å². The third-order valence-electron chi connectivity index (χ3n) is 4.76. The minimum absolute atomic E-state index is 0.0933. The van der Waals surface area contributed by atoms with E-state index in [4.69, 9.17) is 4.74 Å². The Morgan fingerprint density at radius 2 is 2.03 bits per heavy atom. The predicted octanol–water partition coefficient (Wildman–Crippen LogP) is 4.26. The molecule has 8 heteroatoms. The largest absolute Gasteiger partial charge is 0.461 e. The van der Waals surface area contributed by atoms with Crippen molar-refractivity contribution in [1.29, 1.82) is 5.26 Å². The smallest absolute Gasteiger partial charge is 0.357 e. The number of halogens is 1. The van der Waals surface area contributed by atoms with E-state index in [-0.39, 0.29) is 23.6 Å². The van der Waals surface area contributed by atoms with E-state index in [1.54, 1.807) is 57.3 Å². The molecule has 4 rings (SSSR count). The van der Waals surface area contributed by atoms with Gasteiger partial charge in [0.1, 0.15) is 5.69 Å². The molecule has 31 heavy (non-hydrogen) atoms. The summed E-state index contributed by atoms with van der Waals surface area (Å²) in [5.74, 6) is -1.07. The molecule has 3 aromatic heterocycles. The average molecular weight is 415 g/mol. The number of ether oxygens (including phenoxy) is 1. The van der Waals surface area contributed by atoms with Crippen LogP contribution >= 0.6 is 0 Å². The highest BCUT2D eigenvalue weighted by Gasteiger charge is 2.23. The minimum Gasteiger partial charge on any atom is -0.461 e. The Labute approximate surface area is 177 Å². The molecule has 0 amide bonds. The normalized spacial score (nSPS) is 10.8. The summed E-state index contributed by atoms with van der Waals surface area (Å²) in [6.45, 7) is 5.28. The molecule has 0 atom stereocenters. The second-order valence-corrected chi connectivity index (χ2v) is 6.93. The van der Waals surface area contributed by atoms with Crippen molar-refractivity contribution >= 4 is 11.6 Å². The van der Waals surface area contributed by atoms with Crippen molar-refractivity contribution in [2.24, 2.45) is 0 Å². The summed E-state index contributed by atoms with van der Waals surface area (Å²) in [6, 6.07) is 12.1. The Hall–Kier alpha value is -4.12. The van der Waals surface area contributed by atoms with Gasteiger partial charge in [0.05, 0.1) is 29.5 Å². The van der Waals surface area contributed by atoms with Gasteiger partial charge in [-0.1, -0.05) is 12.1 Å². The Kier molecular flexibility index (Phi) is 5.17. The van der Waals surface area contributed by atoms with Crippen LogP contribution in [0.5, 0.6) is 0 Å². The first-order chi connectivity index (χ1) is 14.9. The van der Waals surface area contributed by atoms with Crippen LogP contribution in [0.25, 0.3) is 28.0 Å². The molecule has 4 aromatic rings. The van der Waals surface area contributed by atoms with Gasteiger partial charge in [-0.25, -0.2) is 18.7 Å². The van der Waals surface area contributed by atoms with Gasteiger partial charge < -0.3 is 4.74 Å². The van der Waals surface area contributed by atoms with E-state index in [0.717, 1.165) is 0 Å². The van der Waals surface area contributed by atoms with Crippen molar-refractivity contribution in [2.45, 2.75) is 20.8 Å².